The summed E-state index contributed by atoms with van der Waals surface area (Å²) in [6.45, 7) is 1.19. The summed E-state index contributed by atoms with van der Waals surface area (Å²) in [4.78, 5) is 13.2. The van der Waals surface area contributed by atoms with Gasteiger partial charge in [-0.2, -0.15) is 5.26 Å². The maximum atomic E-state index is 13.8. The third kappa shape index (κ3) is 2.26. The van der Waals surface area contributed by atoms with E-state index in [-0.39, 0.29) is 18.1 Å². The highest BCUT2D eigenvalue weighted by atomic mass is 19.1. The van der Waals surface area contributed by atoms with Crippen molar-refractivity contribution in [2.75, 3.05) is 13.1 Å². The quantitative estimate of drug-likeness (QED) is 0.631. The van der Waals surface area contributed by atoms with Gasteiger partial charge in [-0.05, 0) is 12.5 Å². The van der Waals surface area contributed by atoms with Gasteiger partial charge in [0.25, 0.3) is 0 Å². The zero-order valence-corrected chi connectivity index (χ0v) is 9.77. The average molecular weight is 248 g/mol. The number of halogens is 1. The molecular weight excluding hydrogens is 235 g/mol. The number of benzene rings is 1. The van der Waals surface area contributed by atoms with Crippen molar-refractivity contribution >= 4 is 6.03 Å². The number of carbonyl (C=O) groups is 1. The molecule has 2 rings (SSSR count). The van der Waals surface area contributed by atoms with Gasteiger partial charge in [0.1, 0.15) is 11.9 Å². The number of urea groups is 1. The zero-order chi connectivity index (χ0) is 13.1. The van der Waals surface area contributed by atoms with Gasteiger partial charge < -0.3 is 4.90 Å². The summed E-state index contributed by atoms with van der Waals surface area (Å²) in [5, 5.41) is 9.86. The predicted molar refractivity (Wildman–Crippen MR) is 62.4 cm³/mol. The van der Waals surface area contributed by atoms with Gasteiger partial charge in [-0.15, -0.1) is 0 Å². The van der Waals surface area contributed by atoms with E-state index in [9.17, 15) is 9.18 Å². The van der Waals surface area contributed by atoms with Crippen molar-refractivity contribution in [1.82, 2.24) is 9.91 Å². The molecule has 2 N–H and O–H groups in total. The summed E-state index contributed by atoms with van der Waals surface area (Å²) in [6.07, 6.45) is 0.752. The molecule has 0 spiro atoms. The first-order chi connectivity index (χ1) is 8.63. The van der Waals surface area contributed by atoms with Crippen molar-refractivity contribution in [2.24, 2.45) is 5.84 Å². The lowest BCUT2D eigenvalue weighted by Gasteiger charge is -2.32. The van der Waals surface area contributed by atoms with Crippen LogP contribution in [0.1, 0.15) is 17.5 Å². The highest BCUT2D eigenvalue weighted by molar-refractivity contribution is 5.74. The van der Waals surface area contributed by atoms with E-state index >= 15 is 0 Å². The Morgan fingerprint density at radius 2 is 2.22 bits per heavy atom. The summed E-state index contributed by atoms with van der Waals surface area (Å²) in [6, 6.07) is 6.04. The Labute approximate surface area is 104 Å². The molecule has 1 aromatic carbocycles. The second-order valence-corrected chi connectivity index (χ2v) is 4.14. The molecule has 0 bridgehead atoms. The minimum atomic E-state index is -0.568. The molecule has 6 heteroatoms. The molecule has 1 aromatic rings. The molecule has 1 saturated heterocycles. The number of amides is 2. The van der Waals surface area contributed by atoms with E-state index in [1.54, 1.807) is 18.2 Å². The highest BCUT2D eigenvalue weighted by Crippen LogP contribution is 2.16. The lowest BCUT2D eigenvalue weighted by Crippen LogP contribution is -2.52. The van der Waals surface area contributed by atoms with Crippen molar-refractivity contribution in [1.29, 1.82) is 5.26 Å². The standard InChI is InChI=1S/C12H13FN4O/c13-11-9(7-14)3-1-4-10(11)8-16-5-2-6-17(15)12(16)18/h1,3-4H,2,5-6,8,15H2. The Morgan fingerprint density at radius 3 is 2.94 bits per heavy atom. The maximum absolute atomic E-state index is 13.8. The van der Waals surface area contributed by atoms with Crippen molar-refractivity contribution in [3.8, 4) is 6.07 Å². The van der Waals surface area contributed by atoms with Crippen LogP contribution in [0.15, 0.2) is 18.2 Å². The third-order valence-corrected chi connectivity index (χ3v) is 2.90. The van der Waals surface area contributed by atoms with Gasteiger partial charge in [0.05, 0.1) is 12.1 Å². The van der Waals surface area contributed by atoms with Gasteiger partial charge in [0, 0.05) is 18.7 Å². The van der Waals surface area contributed by atoms with Crippen LogP contribution in [0, 0.1) is 17.1 Å². The second-order valence-electron chi connectivity index (χ2n) is 4.14. The SMILES string of the molecule is N#Cc1cccc(CN2CCCN(N)C2=O)c1F. The molecular formula is C12H13FN4O. The summed E-state index contributed by atoms with van der Waals surface area (Å²) in [5.74, 6) is 4.94. The molecule has 2 amide bonds. The second kappa shape index (κ2) is 5.02. The Morgan fingerprint density at radius 1 is 1.44 bits per heavy atom. The number of nitrogens with two attached hydrogens (primary N) is 1. The monoisotopic (exact) mass is 248 g/mol. The Bertz CT molecular complexity index is 511. The minimum absolute atomic E-state index is 0.0124. The Hall–Kier alpha value is -2.13. The number of carbonyl (C=O) groups excluding carboxylic acids is 1. The van der Waals surface area contributed by atoms with E-state index in [1.165, 1.54) is 11.0 Å². The maximum Gasteiger partial charge on any atom is 0.334 e. The van der Waals surface area contributed by atoms with Crippen LogP contribution in [-0.2, 0) is 6.54 Å². The van der Waals surface area contributed by atoms with Crippen molar-refractivity contribution < 1.29 is 9.18 Å². The lowest BCUT2D eigenvalue weighted by atomic mass is 10.1. The topological polar surface area (TPSA) is 73.4 Å². The first-order valence-electron chi connectivity index (χ1n) is 5.62. The Balaban J connectivity index is 2.19. The molecule has 0 atom stereocenters. The van der Waals surface area contributed by atoms with Crippen LogP contribution in [0.2, 0.25) is 0 Å². The zero-order valence-electron chi connectivity index (χ0n) is 9.77. The van der Waals surface area contributed by atoms with Gasteiger partial charge in [-0.25, -0.2) is 15.0 Å². The normalized spacial score (nSPS) is 15.7. The summed E-state index contributed by atoms with van der Waals surface area (Å²) in [5.41, 5.74) is 0.319. The predicted octanol–water partition coefficient (Wildman–Crippen LogP) is 1.20. The first kappa shape index (κ1) is 12.3. The summed E-state index contributed by atoms with van der Waals surface area (Å²) >= 11 is 0. The molecule has 94 valence electrons. The number of nitriles is 1. The fourth-order valence-electron chi connectivity index (χ4n) is 1.95. The molecule has 1 fully saturated rings. The molecule has 0 saturated carbocycles. The summed E-state index contributed by atoms with van der Waals surface area (Å²) < 4.78 is 13.8. The fraction of sp³-hybridized carbons (Fsp3) is 0.333. The van der Waals surface area contributed by atoms with Crippen LogP contribution in [0.3, 0.4) is 0 Å². The van der Waals surface area contributed by atoms with Gasteiger partial charge in [-0.3, -0.25) is 5.01 Å². The molecule has 0 aliphatic carbocycles. The molecule has 0 unspecified atom stereocenters. The highest BCUT2D eigenvalue weighted by Gasteiger charge is 2.24. The van der Waals surface area contributed by atoms with E-state index < -0.39 is 5.82 Å². The molecule has 0 aromatic heterocycles. The van der Waals surface area contributed by atoms with Crippen LogP contribution in [0.5, 0.6) is 0 Å². The van der Waals surface area contributed by atoms with Gasteiger partial charge in [-0.1, -0.05) is 12.1 Å². The molecule has 1 aliphatic rings. The van der Waals surface area contributed by atoms with E-state index in [2.05, 4.69) is 0 Å². The fourth-order valence-corrected chi connectivity index (χ4v) is 1.95. The van der Waals surface area contributed by atoms with Crippen LogP contribution < -0.4 is 5.84 Å². The number of hydrazine groups is 1. The van der Waals surface area contributed by atoms with Crippen LogP contribution in [0.4, 0.5) is 9.18 Å². The minimum Gasteiger partial charge on any atom is -0.319 e. The van der Waals surface area contributed by atoms with Gasteiger partial charge >= 0.3 is 6.03 Å². The summed E-state index contributed by atoms with van der Waals surface area (Å²) in [7, 11) is 0. The molecule has 5 nitrogen and oxygen atoms in total. The third-order valence-electron chi connectivity index (χ3n) is 2.90. The van der Waals surface area contributed by atoms with Gasteiger partial charge in [0.15, 0.2) is 0 Å². The van der Waals surface area contributed by atoms with Gasteiger partial charge in [0.2, 0.25) is 0 Å². The smallest absolute Gasteiger partial charge is 0.319 e. The number of hydrogen-bond acceptors (Lipinski definition) is 3. The number of rotatable bonds is 2. The van der Waals surface area contributed by atoms with Crippen LogP contribution in [-0.4, -0.2) is 29.0 Å². The van der Waals surface area contributed by atoms with Crippen LogP contribution >= 0.6 is 0 Å². The van der Waals surface area contributed by atoms with Crippen molar-refractivity contribution in [2.45, 2.75) is 13.0 Å². The van der Waals surface area contributed by atoms with E-state index in [0.29, 0.717) is 18.7 Å². The largest absolute Gasteiger partial charge is 0.334 e. The number of nitrogens with zero attached hydrogens (tertiary/aromatic N) is 3. The van der Waals surface area contributed by atoms with E-state index in [4.69, 9.17) is 11.1 Å². The average Bonchev–Trinajstić information content (AvgIpc) is 2.37. The van der Waals surface area contributed by atoms with E-state index in [0.717, 1.165) is 11.4 Å². The Kier molecular flexibility index (Phi) is 3.44. The molecule has 1 heterocycles. The molecule has 18 heavy (non-hydrogen) atoms. The molecule has 0 radical (unpaired) electrons. The number of hydrogen-bond donors (Lipinski definition) is 1. The molecule has 1 aliphatic heterocycles. The van der Waals surface area contributed by atoms with Crippen molar-refractivity contribution in [3.63, 3.8) is 0 Å². The van der Waals surface area contributed by atoms with Crippen LogP contribution in [0.25, 0.3) is 0 Å². The first-order valence-corrected chi connectivity index (χ1v) is 5.62. The van der Waals surface area contributed by atoms with E-state index in [1.807, 2.05) is 0 Å². The lowest BCUT2D eigenvalue weighted by molar-refractivity contribution is 0.126. The van der Waals surface area contributed by atoms with Crippen molar-refractivity contribution in [3.05, 3.63) is 35.1 Å².